The third-order valence-corrected chi connectivity index (χ3v) is 4.35. The van der Waals surface area contributed by atoms with Gasteiger partial charge in [0.15, 0.2) is 0 Å². The molecule has 1 aliphatic carbocycles. The molecule has 0 bridgehead atoms. The Morgan fingerprint density at radius 2 is 2.21 bits per heavy atom. The SMILES string of the molecule is NC(=O)C1CNCCN1C1CCCc2ccccc21. The number of primary amides is 1. The highest BCUT2D eigenvalue weighted by molar-refractivity contribution is 5.80. The maximum Gasteiger partial charge on any atom is 0.236 e. The van der Waals surface area contributed by atoms with E-state index in [0.717, 1.165) is 25.9 Å². The van der Waals surface area contributed by atoms with Crippen LogP contribution in [0.3, 0.4) is 0 Å². The number of aryl methyl sites for hydroxylation is 1. The van der Waals surface area contributed by atoms with Crippen molar-refractivity contribution in [3.05, 3.63) is 35.4 Å². The average molecular weight is 259 g/mol. The van der Waals surface area contributed by atoms with E-state index in [2.05, 4.69) is 34.5 Å². The molecule has 1 heterocycles. The summed E-state index contributed by atoms with van der Waals surface area (Å²) in [5.41, 5.74) is 8.39. The van der Waals surface area contributed by atoms with Gasteiger partial charge < -0.3 is 11.1 Å². The zero-order chi connectivity index (χ0) is 13.2. The van der Waals surface area contributed by atoms with E-state index >= 15 is 0 Å². The molecule has 2 atom stereocenters. The van der Waals surface area contributed by atoms with Crippen molar-refractivity contribution in [2.45, 2.75) is 31.3 Å². The Kier molecular flexibility index (Phi) is 3.53. The van der Waals surface area contributed by atoms with Gasteiger partial charge in [-0.2, -0.15) is 0 Å². The van der Waals surface area contributed by atoms with E-state index < -0.39 is 0 Å². The second-order valence-corrected chi connectivity index (χ2v) is 5.47. The van der Waals surface area contributed by atoms with Gasteiger partial charge in [-0.15, -0.1) is 0 Å². The first-order chi connectivity index (χ1) is 9.27. The molecule has 1 aromatic rings. The minimum Gasteiger partial charge on any atom is -0.368 e. The quantitative estimate of drug-likeness (QED) is 0.827. The number of carbonyl (C=O) groups is 1. The number of nitrogens with two attached hydrogens (primary N) is 1. The molecule has 2 unspecified atom stereocenters. The second-order valence-electron chi connectivity index (χ2n) is 5.47. The van der Waals surface area contributed by atoms with E-state index in [1.165, 1.54) is 17.5 Å². The Hall–Kier alpha value is -1.39. The van der Waals surface area contributed by atoms with Crippen LogP contribution in [0.1, 0.15) is 30.0 Å². The molecule has 0 saturated carbocycles. The third kappa shape index (κ3) is 2.38. The van der Waals surface area contributed by atoms with Crippen molar-refractivity contribution in [2.75, 3.05) is 19.6 Å². The molecule has 0 radical (unpaired) electrons. The summed E-state index contributed by atoms with van der Waals surface area (Å²) < 4.78 is 0. The standard InChI is InChI=1S/C15H21N3O/c16-15(19)14-10-17-8-9-18(14)13-7-3-5-11-4-1-2-6-12(11)13/h1-2,4,6,13-14,17H,3,5,7-10H2,(H2,16,19). The van der Waals surface area contributed by atoms with Crippen molar-refractivity contribution in [3.8, 4) is 0 Å². The molecule has 1 saturated heterocycles. The Morgan fingerprint density at radius 3 is 3.05 bits per heavy atom. The maximum absolute atomic E-state index is 11.7. The van der Waals surface area contributed by atoms with Gasteiger partial charge in [0.25, 0.3) is 0 Å². The molecule has 1 fully saturated rings. The second kappa shape index (κ2) is 5.31. The highest BCUT2D eigenvalue weighted by atomic mass is 16.1. The largest absolute Gasteiger partial charge is 0.368 e. The molecule has 4 nitrogen and oxygen atoms in total. The fourth-order valence-electron chi connectivity index (χ4n) is 3.43. The van der Waals surface area contributed by atoms with Gasteiger partial charge >= 0.3 is 0 Å². The Balaban J connectivity index is 1.91. The molecular weight excluding hydrogens is 238 g/mol. The lowest BCUT2D eigenvalue weighted by Gasteiger charge is -2.42. The van der Waals surface area contributed by atoms with Crippen LogP contribution < -0.4 is 11.1 Å². The molecule has 3 N–H and O–H groups in total. The van der Waals surface area contributed by atoms with Crippen LogP contribution in [0.5, 0.6) is 0 Å². The van der Waals surface area contributed by atoms with Crippen LogP contribution in [0.2, 0.25) is 0 Å². The molecule has 2 aliphatic rings. The smallest absolute Gasteiger partial charge is 0.236 e. The van der Waals surface area contributed by atoms with Gasteiger partial charge in [-0.25, -0.2) is 0 Å². The molecule has 1 aliphatic heterocycles. The number of hydrogen-bond donors (Lipinski definition) is 2. The number of rotatable bonds is 2. The van der Waals surface area contributed by atoms with Crippen molar-refractivity contribution in [1.82, 2.24) is 10.2 Å². The molecule has 19 heavy (non-hydrogen) atoms. The predicted molar refractivity (Wildman–Crippen MR) is 74.7 cm³/mol. The van der Waals surface area contributed by atoms with E-state index in [9.17, 15) is 4.79 Å². The van der Waals surface area contributed by atoms with Gasteiger partial charge in [-0.1, -0.05) is 24.3 Å². The number of carbonyl (C=O) groups excluding carboxylic acids is 1. The van der Waals surface area contributed by atoms with Crippen LogP contribution in [0.15, 0.2) is 24.3 Å². The summed E-state index contributed by atoms with van der Waals surface area (Å²) in [5.74, 6) is -0.213. The van der Waals surface area contributed by atoms with Crippen molar-refractivity contribution in [3.63, 3.8) is 0 Å². The average Bonchev–Trinajstić information content (AvgIpc) is 2.46. The molecule has 1 aromatic carbocycles. The zero-order valence-electron chi connectivity index (χ0n) is 11.1. The molecular formula is C15H21N3O. The molecule has 0 spiro atoms. The van der Waals surface area contributed by atoms with E-state index in [4.69, 9.17) is 5.73 Å². The van der Waals surface area contributed by atoms with Crippen LogP contribution >= 0.6 is 0 Å². The number of nitrogens with zero attached hydrogens (tertiary/aromatic N) is 1. The zero-order valence-corrected chi connectivity index (χ0v) is 11.1. The normalized spacial score (nSPS) is 27.8. The summed E-state index contributed by atoms with van der Waals surface area (Å²) in [6.45, 7) is 2.50. The van der Waals surface area contributed by atoms with E-state index in [1.807, 2.05) is 0 Å². The number of piperazine rings is 1. The highest BCUT2D eigenvalue weighted by Gasteiger charge is 2.34. The lowest BCUT2D eigenvalue weighted by molar-refractivity contribution is -0.125. The molecule has 3 rings (SSSR count). The number of fused-ring (bicyclic) bond motifs is 1. The Morgan fingerprint density at radius 1 is 1.37 bits per heavy atom. The van der Waals surface area contributed by atoms with E-state index in [0.29, 0.717) is 12.6 Å². The number of hydrogen-bond acceptors (Lipinski definition) is 3. The minimum absolute atomic E-state index is 0.176. The van der Waals surface area contributed by atoms with Gasteiger partial charge in [0.1, 0.15) is 6.04 Å². The summed E-state index contributed by atoms with van der Waals surface area (Å²) in [7, 11) is 0. The van der Waals surface area contributed by atoms with E-state index in [-0.39, 0.29) is 11.9 Å². The van der Waals surface area contributed by atoms with Crippen LogP contribution in [0.25, 0.3) is 0 Å². The summed E-state index contributed by atoms with van der Waals surface area (Å²) in [6.07, 6.45) is 3.47. The van der Waals surface area contributed by atoms with Crippen LogP contribution in [-0.4, -0.2) is 36.5 Å². The van der Waals surface area contributed by atoms with Crippen molar-refractivity contribution < 1.29 is 4.79 Å². The van der Waals surface area contributed by atoms with Gasteiger partial charge in [-0.05, 0) is 30.4 Å². The summed E-state index contributed by atoms with van der Waals surface area (Å²) in [4.78, 5) is 14.0. The maximum atomic E-state index is 11.7. The summed E-state index contributed by atoms with van der Waals surface area (Å²) in [5, 5.41) is 3.27. The fourth-order valence-corrected chi connectivity index (χ4v) is 3.43. The lowest BCUT2D eigenvalue weighted by Crippen LogP contribution is -2.58. The molecule has 4 heteroatoms. The summed E-state index contributed by atoms with van der Waals surface area (Å²) >= 11 is 0. The monoisotopic (exact) mass is 259 g/mol. The Labute approximate surface area is 114 Å². The lowest BCUT2D eigenvalue weighted by atomic mass is 9.86. The highest BCUT2D eigenvalue weighted by Crippen LogP contribution is 2.35. The van der Waals surface area contributed by atoms with Crippen molar-refractivity contribution >= 4 is 5.91 Å². The van der Waals surface area contributed by atoms with Crippen LogP contribution in [0.4, 0.5) is 0 Å². The fraction of sp³-hybridized carbons (Fsp3) is 0.533. The first-order valence-corrected chi connectivity index (χ1v) is 7.11. The number of benzene rings is 1. The third-order valence-electron chi connectivity index (χ3n) is 4.35. The van der Waals surface area contributed by atoms with Crippen molar-refractivity contribution in [1.29, 1.82) is 0 Å². The van der Waals surface area contributed by atoms with Crippen LogP contribution in [-0.2, 0) is 11.2 Å². The first kappa shape index (κ1) is 12.6. The first-order valence-electron chi connectivity index (χ1n) is 7.11. The molecule has 0 aromatic heterocycles. The van der Waals surface area contributed by atoms with Gasteiger partial charge in [-0.3, -0.25) is 9.69 Å². The number of amides is 1. The topological polar surface area (TPSA) is 58.4 Å². The molecule has 102 valence electrons. The minimum atomic E-state index is -0.213. The summed E-state index contributed by atoms with van der Waals surface area (Å²) in [6, 6.07) is 8.79. The predicted octanol–water partition coefficient (Wildman–Crippen LogP) is 0.823. The van der Waals surface area contributed by atoms with Crippen molar-refractivity contribution in [2.24, 2.45) is 5.73 Å². The number of nitrogens with one attached hydrogen (secondary N) is 1. The van der Waals surface area contributed by atoms with Gasteiger partial charge in [0, 0.05) is 25.7 Å². The van der Waals surface area contributed by atoms with Gasteiger partial charge in [0.05, 0.1) is 0 Å². The van der Waals surface area contributed by atoms with E-state index in [1.54, 1.807) is 0 Å². The van der Waals surface area contributed by atoms with Crippen LogP contribution in [0, 0.1) is 0 Å². The molecule has 1 amide bonds. The Bertz CT molecular complexity index is 474. The van der Waals surface area contributed by atoms with Gasteiger partial charge in [0.2, 0.25) is 5.91 Å².